The van der Waals surface area contributed by atoms with E-state index in [2.05, 4.69) is 37.2 Å². The predicted octanol–water partition coefficient (Wildman–Crippen LogP) is 4.18. The quantitative estimate of drug-likeness (QED) is 0.816. The molecule has 0 aliphatic heterocycles. The second-order valence-corrected chi connectivity index (χ2v) is 5.69. The first-order chi connectivity index (χ1) is 7.45. The van der Waals surface area contributed by atoms with Crippen LogP contribution in [0, 0.1) is 13.8 Å². The first-order valence-corrected chi connectivity index (χ1v) is 6.88. The van der Waals surface area contributed by atoms with Crippen molar-refractivity contribution < 1.29 is 4.79 Å². The van der Waals surface area contributed by atoms with Gasteiger partial charge in [0, 0.05) is 10.2 Å². The minimum Gasteiger partial charge on any atom is -0.325 e. The van der Waals surface area contributed by atoms with Crippen LogP contribution in [0.4, 0.5) is 5.69 Å². The number of carbonyl (C=O) groups excluding carboxylic acids is 1. The summed E-state index contributed by atoms with van der Waals surface area (Å²) in [5.74, 6) is 0.00335. The molecule has 1 unspecified atom stereocenters. The number of rotatable bonds is 3. The summed E-state index contributed by atoms with van der Waals surface area (Å²) in [6.07, 6.45) is 0.778. The van der Waals surface area contributed by atoms with Gasteiger partial charge >= 0.3 is 0 Å². The number of anilines is 1. The van der Waals surface area contributed by atoms with Crippen LogP contribution in [0.25, 0.3) is 0 Å². The molecular weight excluding hydrogens is 334 g/mol. The van der Waals surface area contributed by atoms with Gasteiger partial charge in [0.25, 0.3) is 0 Å². The Kier molecular flexibility index (Phi) is 4.99. The summed E-state index contributed by atoms with van der Waals surface area (Å²) < 4.78 is 1.09. The van der Waals surface area contributed by atoms with Crippen LogP contribution in [-0.2, 0) is 4.79 Å². The number of hydrogen-bond acceptors (Lipinski definition) is 1. The van der Waals surface area contributed by atoms with Crippen molar-refractivity contribution in [3.8, 4) is 0 Å². The summed E-state index contributed by atoms with van der Waals surface area (Å²) in [5, 5.41) is 2.89. The van der Waals surface area contributed by atoms with Gasteiger partial charge in [0.1, 0.15) is 0 Å². The molecule has 1 N–H and O–H groups in total. The molecule has 1 aromatic rings. The van der Waals surface area contributed by atoms with Gasteiger partial charge in [0.2, 0.25) is 5.91 Å². The van der Waals surface area contributed by atoms with Crippen LogP contribution in [0.5, 0.6) is 0 Å². The van der Waals surface area contributed by atoms with E-state index < -0.39 is 0 Å². The molecule has 1 aromatic carbocycles. The summed E-state index contributed by atoms with van der Waals surface area (Å²) >= 11 is 6.83. The Labute approximate surface area is 113 Å². The number of amides is 1. The summed E-state index contributed by atoms with van der Waals surface area (Å²) in [4.78, 5) is 11.6. The molecule has 0 spiro atoms. The van der Waals surface area contributed by atoms with Crippen LogP contribution >= 0.6 is 31.9 Å². The molecule has 1 amide bonds. The number of carbonyl (C=O) groups is 1. The maximum Gasteiger partial charge on any atom is 0.238 e. The SMILES string of the molecule is CCC(Br)C(=O)Nc1cc(C)c(Br)c(C)c1. The lowest BCUT2D eigenvalue weighted by molar-refractivity contribution is -0.115. The monoisotopic (exact) mass is 347 g/mol. The van der Waals surface area contributed by atoms with Gasteiger partial charge in [-0.15, -0.1) is 0 Å². The third-order valence-corrected chi connectivity index (χ3v) is 4.66. The van der Waals surface area contributed by atoms with Crippen molar-refractivity contribution in [2.45, 2.75) is 32.0 Å². The zero-order chi connectivity index (χ0) is 12.3. The zero-order valence-electron chi connectivity index (χ0n) is 9.60. The second kappa shape index (κ2) is 5.82. The van der Waals surface area contributed by atoms with Gasteiger partial charge < -0.3 is 5.32 Å². The van der Waals surface area contributed by atoms with Crippen LogP contribution in [0.2, 0.25) is 0 Å². The van der Waals surface area contributed by atoms with Crippen LogP contribution in [0.1, 0.15) is 24.5 Å². The van der Waals surface area contributed by atoms with Crippen molar-refractivity contribution in [3.05, 3.63) is 27.7 Å². The van der Waals surface area contributed by atoms with E-state index in [1.807, 2.05) is 32.9 Å². The van der Waals surface area contributed by atoms with E-state index in [1.165, 1.54) is 0 Å². The maximum absolute atomic E-state index is 11.7. The molecule has 0 aromatic heterocycles. The highest BCUT2D eigenvalue weighted by Crippen LogP contribution is 2.25. The Morgan fingerprint density at radius 3 is 2.31 bits per heavy atom. The van der Waals surface area contributed by atoms with E-state index in [9.17, 15) is 4.79 Å². The summed E-state index contributed by atoms with van der Waals surface area (Å²) in [5.41, 5.74) is 3.09. The second-order valence-electron chi connectivity index (χ2n) is 3.79. The normalized spacial score (nSPS) is 12.3. The Balaban J connectivity index is 2.87. The molecule has 0 aliphatic rings. The Bertz CT molecular complexity index is 381. The van der Waals surface area contributed by atoms with Crippen molar-refractivity contribution in [3.63, 3.8) is 0 Å². The van der Waals surface area contributed by atoms with Crippen LogP contribution < -0.4 is 5.32 Å². The molecule has 16 heavy (non-hydrogen) atoms. The summed E-state index contributed by atoms with van der Waals surface area (Å²) in [7, 11) is 0. The molecule has 0 aliphatic carbocycles. The smallest absolute Gasteiger partial charge is 0.238 e. The summed E-state index contributed by atoms with van der Waals surface area (Å²) in [6, 6.07) is 3.93. The maximum atomic E-state index is 11.7. The highest BCUT2D eigenvalue weighted by Gasteiger charge is 2.13. The van der Waals surface area contributed by atoms with Gasteiger partial charge in [-0.25, -0.2) is 0 Å². The molecule has 0 fully saturated rings. The van der Waals surface area contributed by atoms with Crippen molar-refractivity contribution in [2.24, 2.45) is 0 Å². The first kappa shape index (κ1) is 13.7. The third-order valence-electron chi connectivity index (χ3n) is 2.35. The number of nitrogens with one attached hydrogen (secondary N) is 1. The van der Waals surface area contributed by atoms with Gasteiger partial charge in [-0.2, -0.15) is 0 Å². The first-order valence-electron chi connectivity index (χ1n) is 5.17. The van der Waals surface area contributed by atoms with Crippen molar-refractivity contribution in [1.29, 1.82) is 0 Å². The molecule has 0 saturated heterocycles. The summed E-state index contributed by atoms with van der Waals surface area (Å²) in [6.45, 7) is 5.99. The van der Waals surface area contributed by atoms with E-state index in [0.29, 0.717) is 0 Å². The highest BCUT2D eigenvalue weighted by atomic mass is 79.9. The number of alkyl halides is 1. The minimum atomic E-state index is -0.128. The van der Waals surface area contributed by atoms with Crippen LogP contribution in [-0.4, -0.2) is 10.7 Å². The molecular formula is C12H15Br2NO. The lowest BCUT2D eigenvalue weighted by Gasteiger charge is -2.11. The molecule has 0 heterocycles. The Morgan fingerprint density at radius 1 is 1.38 bits per heavy atom. The highest BCUT2D eigenvalue weighted by molar-refractivity contribution is 9.10. The molecule has 2 nitrogen and oxygen atoms in total. The van der Waals surface area contributed by atoms with Gasteiger partial charge in [-0.3, -0.25) is 4.79 Å². The molecule has 1 rings (SSSR count). The number of hydrogen-bond donors (Lipinski definition) is 1. The zero-order valence-corrected chi connectivity index (χ0v) is 12.8. The topological polar surface area (TPSA) is 29.1 Å². The third kappa shape index (κ3) is 3.32. The lowest BCUT2D eigenvalue weighted by atomic mass is 10.1. The van der Waals surface area contributed by atoms with Crippen LogP contribution in [0.15, 0.2) is 16.6 Å². The number of halogens is 2. The fourth-order valence-corrected chi connectivity index (χ4v) is 1.77. The van der Waals surface area contributed by atoms with Gasteiger partial charge in [-0.1, -0.05) is 38.8 Å². The van der Waals surface area contributed by atoms with E-state index in [-0.39, 0.29) is 10.7 Å². The Morgan fingerprint density at radius 2 is 1.88 bits per heavy atom. The molecule has 0 bridgehead atoms. The molecule has 0 radical (unpaired) electrons. The van der Waals surface area contributed by atoms with Gasteiger partial charge in [0.05, 0.1) is 4.83 Å². The largest absolute Gasteiger partial charge is 0.325 e. The van der Waals surface area contributed by atoms with Crippen molar-refractivity contribution in [1.82, 2.24) is 0 Å². The molecule has 88 valence electrons. The fraction of sp³-hybridized carbons (Fsp3) is 0.417. The van der Waals surface area contributed by atoms with E-state index in [4.69, 9.17) is 0 Å². The average molecular weight is 349 g/mol. The van der Waals surface area contributed by atoms with E-state index in [0.717, 1.165) is 27.7 Å². The number of aryl methyl sites for hydroxylation is 2. The van der Waals surface area contributed by atoms with Gasteiger partial charge in [0.15, 0.2) is 0 Å². The van der Waals surface area contributed by atoms with E-state index in [1.54, 1.807) is 0 Å². The molecule has 4 heteroatoms. The number of benzene rings is 1. The van der Waals surface area contributed by atoms with Crippen molar-refractivity contribution in [2.75, 3.05) is 5.32 Å². The van der Waals surface area contributed by atoms with Crippen LogP contribution in [0.3, 0.4) is 0 Å². The van der Waals surface area contributed by atoms with Crippen molar-refractivity contribution >= 4 is 43.5 Å². The molecule has 0 saturated carbocycles. The molecule has 1 atom stereocenters. The van der Waals surface area contributed by atoms with E-state index >= 15 is 0 Å². The lowest BCUT2D eigenvalue weighted by Crippen LogP contribution is -2.22. The standard InChI is InChI=1S/C12H15Br2NO/c1-4-10(13)12(16)15-9-5-7(2)11(14)8(3)6-9/h5-6,10H,4H2,1-3H3,(H,15,16). The fourth-order valence-electron chi connectivity index (χ4n) is 1.42. The Hall–Kier alpha value is -0.350. The minimum absolute atomic E-state index is 0.00335. The van der Waals surface area contributed by atoms with Gasteiger partial charge in [-0.05, 0) is 43.5 Å². The predicted molar refractivity (Wildman–Crippen MR) is 75.3 cm³/mol. The average Bonchev–Trinajstić information content (AvgIpc) is 2.24.